The van der Waals surface area contributed by atoms with Gasteiger partial charge in [0.1, 0.15) is 24.4 Å². The lowest BCUT2D eigenvalue weighted by atomic mass is 9.99. The van der Waals surface area contributed by atoms with Crippen molar-refractivity contribution >= 4 is 11.9 Å². The van der Waals surface area contributed by atoms with Gasteiger partial charge in [0.05, 0.1) is 25.4 Å². The highest BCUT2D eigenvalue weighted by molar-refractivity contribution is 5.80. The number of aliphatic hydroxyl groups excluding tert-OH is 5. The predicted octanol–water partition coefficient (Wildman–Crippen LogP) is 10.7. The van der Waals surface area contributed by atoms with E-state index in [4.69, 9.17) is 14.2 Å². The van der Waals surface area contributed by atoms with Gasteiger partial charge >= 0.3 is 5.97 Å². The summed E-state index contributed by atoms with van der Waals surface area (Å²) < 4.78 is 17.5. The molecule has 0 aromatic heterocycles. The van der Waals surface area contributed by atoms with Gasteiger partial charge in [-0.3, -0.25) is 9.59 Å². The molecule has 0 bridgehead atoms. The van der Waals surface area contributed by atoms with E-state index >= 15 is 0 Å². The fraction of sp³-hybridized carbons (Fsp3) is 0.709. The molecule has 1 amide bonds. The van der Waals surface area contributed by atoms with Crippen molar-refractivity contribution in [3.8, 4) is 0 Å². The minimum absolute atomic E-state index is 0.0907. The monoisotopic (exact) mass is 928 g/mol. The molecule has 8 atom stereocenters. The van der Waals surface area contributed by atoms with Crippen LogP contribution < -0.4 is 5.32 Å². The smallest absolute Gasteiger partial charge is 0.306 e. The molecule has 66 heavy (non-hydrogen) atoms. The molecule has 8 unspecified atom stereocenters. The minimum Gasteiger partial charge on any atom is -0.454 e. The number of hydrogen-bond acceptors (Lipinski definition) is 10. The van der Waals surface area contributed by atoms with E-state index in [9.17, 15) is 35.1 Å². The van der Waals surface area contributed by atoms with Gasteiger partial charge < -0.3 is 45.1 Å². The molecular weight excluding hydrogens is 835 g/mol. The van der Waals surface area contributed by atoms with E-state index in [0.29, 0.717) is 12.8 Å². The van der Waals surface area contributed by atoms with Crippen molar-refractivity contribution in [1.82, 2.24) is 5.32 Å². The first-order valence-electron chi connectivity index (χ1n) is 25.9. The lowest BCUT2D eigenvalue weighted by Crippen LogP contribution is -2.61. The highest BCUT2D eigenvalue weighted by Crippen LogP contribution is 2.26. The van der Waals surface area contributed by atoms with Crippen molar-refractivity contribution in [2.75, 3.05) is 13.2 Å². The van der Waals surface area contributed by atoms with Crippen molar-refractivity contribution in [3.63, 3.8) is 0 Å². The Kier molecular flexibility index (Phi) is 39.8. The molecule has 0 radical (unpaired) electrons. The minimum atomic E-state index is -1.63. The van der Waals surface area contributed by atoms with E-state index in [1.165, 1.54) is 38.5 Å². The highest BCUT2D eigenvalue weighted by Gasteiger charge is 2.47. The Bertz CT molecular complexity index is 1390. The molecule has 1 aliphatic heterocycles. The second kappa shape index (κ2) is 43.1. The standard InChI is InChI=1S/C55H93NO10/c1-4-7-10-13-16-19-22-24-25-28-31-34-37-40-43-50(60)66-53-52(62)51(61)49(44-57)65-55(53)64-45-46(47(58)41-38-35-32-29-26-21-18-15-12-9-6-3)56-54(63)48(59)42-39-36-33-30-27-23-20-17-14-11-8-5-2/h7-8,10-11,14,16-17,19-20,23-25,38,41,46-49,51-53,55,57-59,61-62H,4-6,9,12-13,15,18,21-22,26-37,39-40,42-45H2,1-3H3,(H,56,63)/b10-7+,11-8+,17-14+,19-16+,23-20-,25-24+,41-38+. The summed E-state index contributed by atoms with van der Waals surface area (Å²) >= 11 is 0. The van der Waals surface area contributed by atoms with E-state index < -0.39 is 67.4 Å². The third-order valence-electron chi connectivity index (χ3n) is 11.6. The van der Waals surface area contributed by atoms with E-state index in [0.717, 1.165) is 103 Å². The molecule has 378 valence electrons. The summed E-state index contributed by atoms with van der Waals surface area (Å²) in [4.78, 5) is 26.3. The number of hydrogen-bond donors (Lipinski definition) is 6. The Balaban J connectivity index is 2.81. The maximum Gasteiger partial charge on any atom is 0.306 e. The predicted molar refractivity (Wildman–Crippen MR) is 269 cm³/mol. The van der Waals surface area contributed by atoms with Crippen molar-refractivity contribution in [2.45, 2.75) is 237 Å². The van der Waals surface area contributed by atoms with Crippen LogP contribution in [0.4, 0.5) is 0 Å². The molecule has 0 aromatic carbocycles. The average molecular weight is 928 g/mol. The number of carbonyl (C=O) groups is 2. The Labute approximate surface area is 400 Å². The lowest BCUT2D eigenvalue weighted by Gasteiger charge is -2.41. The fourth-order valence-electron chi connectivity index (χ4n) is 7.49. The van der Waals surface area contributed by atoms with Crippen LogP contribution in [0.3, 0.4) is 0 Å². The third-order valence-corrected chi connectivity index (χ3v) is 11.6. The molecule has 6 N–H and O–H groups in total. The zero-order valence-electron chi connectivity index (χ0n) is 41.3. The van der Waals surface area contributed by atoms with Gasteiger partial charge in [0.2, 0.25) is 5.91 Å². The first-order valence-corrected chi connectivity index (χ1v) is 25.9. The van der Waals surface area contributed by atoms with Gasteiger partial charge in [0, 0.05) is 6.42 Å². The van der Waals surface area contributed by atoms with E-state index in [-0.39, 0.29) is 19.4 Å². The SMILES string of the molecule is CC/C=C/C=C/C=C\CCCCCCC(O)C(=O)NC(COC1OC(CO)C(O)C(O)C1OC(=O)CCCCCC/C=C/C/C=C/C/C=C/CC)C(O)/C=C/CCCCCCCCCCC. The van der Waals surface area contributed by atoms with Gasteiger partial charge in [-0.1, -0.05) is 189 Å². The third kappa shape index (κ3) is 31.7. The summed E-state index contributed by atoms with van der Waals surface area (Å²) in [7, 11) is 0. The Morgan fingerprint density at radius 2 is 1.17 bits per heavy atom. The van der Waals surface area contributed by atoms with Crippen molar-refractivity contribution in [2.24, 2.45) is 0 Å². The summed E-state index contributed by atoms with van der Waals surface area (Å²) in [5, 5.41) is 56.5. The molecule has 11 nitrogen and oxygen atoms in total. The summed E-state index contributed by atoms with van der Waals surface area (Å²) in [5.74, 6) is -1.25. The number of rotatable bonds is 41. The van der Waals surface area contributed by atoms with Gasteiger partial charge in [-0.05, 0) is 77.0 Å². The van der Waals surface area contributed by atoms with Crippen LogP contribution in [0.5, 0.6) is 0 Å². The number of esters is 1. The molecule has 0 saturated carbocycles. The van der Waals surface area contributed by atoms with Crippen molar-refractivity contribution in [3.05, 3.63) is 85.1 Å². The summed E-state index contributed by atoms with van der Waals surface area (Å²) in [6.45, 7) is 5.46. The molecule has 1 rings (SSSR count). The van der Waals surface area contributed by atoms with Gasteiger partial charge in [-0.25, -0.2) is 0 Å². The van der Waals surface area contributed by atoms with Gasteiger partial charge in [0.25, 0.3) is 0 Å². The van der Waals surface area contributed by atoms with Crippen LogP contribution in [-0.2, 0) is 23.8 Å². The topological polar surface area (TPSA) is 175 Å². The number of carbonyl (C=O) groups excluding carboxylic acids is 2. The molecule has 1 saturated heterocycles. The first-order chi connectivity index (χ1) is 32.2. The van der Waals surface area contributed by atoms with Crippen LogP contribution in [0.2, 0.25) is 0 Å². The Hall–Kier alpha value is -3.16. The van der Waals surface area contributed by atoms with Crippen LogP contribution in [-0.4, -0.2) is 99.6 Å². The summed E-state index contributed by atoms with van der Waals surface area (Å²) in [6.07, 6.45) is 43.5. The zero-order chi connectivity index (χ0) is 48.3. The van der Waals surface area contributed by atoms with E-state index in [2.05, 4.69) is 74.7 Å². The number of unbranched alkanes of at least 4 members (excludes halogenated alkanes) is 17. The number of nitrogens with one attached hydrogen (secondary N) is 1. The second-order valence-corrected chi connectivity index (χ2v) is 17.5. The van der Waals surface area contributed by atoms with E-state index in [1.54, 1.807) is 6.08 Å². The quantitative estimate of drug-likeness (QED) is 0.0150. The molecule has 1 aliphatic rings. The molecule has 0 aromatic rings. The molecule has 1 heterocycles. The molecular formula is C55H93NO10. The first kappa shape index (κ1) is 60.9. The number of amides is 1. The number of ether oxygens (including phenoxy) is 3. The maximum atomic E-state index is 13.3. The summed E-state index contributed by atoms with van der Waals surface area (Å²) in [6, 6.07) is -1.04. The highest BCUT2D eigenvalue weighted by atomic mass is 16.7. The lowest BCUT2D eigenvalue weighted by molar-refractivity contribution is -0.305. The Morgan fingerprint density at radius 1 is 0.621 bits per heavy atom. The number of allylic oxidation sites excluding steroid dienone is 13. The Morgan fingerprint density at radius 3 is 1.80 bits per heavy atom. The zero-order valence-corrected chi connectivity index (χ0v) is 41.3. The van der Waals surface area contributed by atoms with Crippen LogP contribution in [0.1, 0.15) is 188 Å². The van der Waals surface area contributed by atoms with Crippen LogP contribution >= 0.6 is 0 Å². The van der Waals surface area contributed by atoms with Crippen molar-refractivity contribution in [1.29, 1.82) is 0 Å². The number of aliphatic hydroxyl groups is 5. The van der Waals surface area contributed by atoms with Crippen molar-refractivity contribution < 1.29 is 49.3 Å². The van der Waals surface area contributed by atoms with E-state index in [1.807, 2.05) is 30.4 Å². The maximum absolute atomic E-state index is 13.3. The van der Waals surface area contributed by atoms with Crippen LogP contribution in [0.15, 0.2) is 85.1 Å². The van der Waals surface area contributed by atoms with Crippen LogP contribution in [0.25, 0.3) is 0 Å². The van der Waals surface area contributed by atoms with Gasteiger partial charge in [-0.15, -0.1) is 0 Å². The molecule has 11 heteroatoms. The molecule has 0 aliphatic carbocycles. The average Bonchev–Trinajstić information content (AvgIpc) is 3.31. The normalized spacial score (nSPS) is 20.9. The molecule has 1 fully saturated rings. The molecule has 0 spiro atoms. The van der Waals surface area contributed by atoms with Gasteiger partial charge in [-0.2, -0.15) is 0 Å². The summed E-state index contributed by atoms with van der Waals surface area (Å²) in [5.41, 5.74) is 0. The van der Waals surface area contributed by atoms with Gasteiger partial charge in [0.15, 0.2) is 12.4 Å². The van der Waals surface area contributed by atoms with Crippen LogP contribution in [0, 0.1) is 0 Å². The fourth-order valence-corrected chi connectivity index (χ4v) is 7.49. The largest absolute Gasteiger partial charge is 0.454 e. The second-order valence-electron chi connectivity index (χ2n) is 17.5.